The maximum atomic E-state index is 13.2. The van der Waals surface area contributed by atoms with Crippen LogP contribution in [0.5, 0.6) is 0 Å². The molecule has 34 heavy (non-hydrogen) atoms. The number of carbonyl (C=O) groups excluding carboxylic acids is 1. The Morgan fingerprint density at radius 1 is 0.588 bits per heavy atom. The number of nitrogens with zero attached hydrogens (tertiary/aromatic N) is 1. The molecular formula is C30H31N3O. The van der Waals surface area contributed by atoms with E-state index in [4.69, 9.17) is 4.99 Å². The van der Waals surface area contributed by atoms with E-state index in [1.54, 1.807) is 6.08 Å². The molecule has 0 bridgehead atoms. The first-order chi connectivity index (χ1) is 16.2. The third kappa shape index (κ3) is 5.18. The van der Waals surface area contributed by atoms with E-state index in [1.807, 2.05) is 26.8 Å². The lowest BCUT2D eigenvalue weighted by Gasteiger charge is -2.20. The van der Waals surface area contributed by atoms with Crippen LogP contribution in [-0.2, 0) is 4.79 Å². The van der Waals surface area contributed by atoms with Crippen molar-refractivity contribution < 1.29 is 4.79 Å². The van der Waals surface area contributed by atoms with Gasteiger partial charge in [-0.3, -0.25) is 4.79 Å². The number of carbonyl (C=O) groups is 1. The van der Waals surface area contributed by atoms with E-state index in [1.165, 1.54) is 0 Å². The summed E-state index contributed by atoms with van der Waals surface area (Å²) in [6, 6.07) is 18.6. The van der Waals surface area contributed by atoms with Gasteiger partial charge in [-0.25, -0.2) is 4.99 Å². The zero-order chi connectivity index (χ0) is 24.4. The Kier molecular flexibility index (Phi) is 6.51. The van der Waals surface area contributed by atoms with Crippen LogP contribution in [0.2, 0.25) is 0 Å². The molecule has 4 nitrogen and oxygen atoms in total. The van der Waals surface area contributed by atoms with E-state index >= 15 is 0 Å². The molecule has 0 radical (unpaired) electrons. The normalized spacial score (nSPS) is 14.6. The van der Waals surface area contributed by atoms with Crippen molar-refractivity contribution in [1.82, 2.24) is 0 Å². The van der Waals surface area contributed by atoms with Crippen LogP contribution in [0.4, 0.5) is 17.1 Å². The standard InChI is InChI=1S/C30H31N3O/c1-18-7-10-21(4)24(13-18)31-27-16-29(33-26-15-20(3)9-12-23(26)6)30(34)17-28(27)32-25-14-19(2)8-11-22(25)5/h7-17,32-33H,1-6H3. The summed E-state index contributed by atoms with van der Waals surface area (Å²) in [6.07, 6.45) is 3.48. The highest BCUT2D eigenvalue weighted by Gasteiger charge is 2.21. The van der Waals surface area contributed by atoms with Crippen molar-refractivity contribution in [3.05, 3.63) is 112 Å². The Morgan fingerprint density at radius 3 is 1.68 bits per heavy atom. The summed E-state index contributed by atoms with van der Waals surface area (Å²) >= 11 is 0. The molecular weight excluding hydrogens is 418 g/mol. The third-order valence-electron chi connectivity index (χ3n) is 6.03. The monoisotopic (exact) mass is 449 g/mol. The van der Waals surface area contributed by atoms with Crippen LogP contribution in [0, 0.1) is 41.5 Å². The van der Waals surface area contributed by atoms with Gasteiger partial charge in [-0.2, -0.15) is 0 Å². The number of allylic oxidation sites excluding steroid dienone is 2. The van der Waals surface area contributed by atoms with Gasteiger partial charge < -0.3 is 10.6 Å². The number of aryl methyl sites for hydroxylation is 6. The summed E-state index contributed by atoms with van der Waals surface area (Å²) in [5.41, 5.74) is 11.4. The van der Waals surface area contributed by atoms with Crippen molar-refractivity contribution in [1.29, 1.82) is 0 Å². The predicted octanol–water partition coefficient (Wildman–Crippen LogP) is 7.18. The molecule has 0 atom stereocenters. The molecule has 1 aliphatic rings. The first-order valence-corrected chi connectivity index (χ1v) is 11.5. The van der Waals surface area contributed by atoms with Gasteiger partial charge in [0.25, 0.3) is 0 Å². The molecule has 0 unspecified atom stereocenters. The van der Waals surface area contributed by atoms with Crippen molar-refractivity contribution in [2.75, 3.05) is 10.6 Å². The summed E-state index contributed by atoms with van der Waals surface area (Å²) in [6.45, 7) is 12.3. The molecule has 0 saturated heterocycles. The van der Waals surface area contributed by atoms with Crippen LogP contribution < -0.4 is 10.6 Å². The van der Waals surface area contributed by atoms with Crippen molar-refractivity contribution in [3.63, 3.8) is 0 Å². The highest BCUT2D eigenvalue weighted by molar-refractivity contribution is 6.24. The fourth-order valence-corrected chi connectivity index (χ4v) is 3.86. The zero-order valence-corrected chi connectivity index (χ0v) is 20.7. The zero-order valence-electron chi connectivity index (χ0n) is 20.7. The molecule has 1 aliphatic carbocycles. The molecule has 4 heteroatoms. The quantitative estimate of drug-likeness (QED) is 0.406. The van der Waals surface area contributed by atoms with Crippen LogP contribution in [0.25, 0.3) is 0 Å². The van der Waals surface area contributed by atoms with Gasteiger partial charge >= 0.3 is 0 Å². The van der Waals surface area contributed by atoms with Crippen molar-refractivity contribution in [3.8, 4) is 0 Å². The summed E-state index contributed by atoms with van der Waals surface area (Å²) in [7, 11) is 0. The number of hydrogen-bond donors (Lipinski definition) is 2. The highest BCUT2D eigenvalue weighted by atomic mass is 16.1. The van der Waals surface area contributed by atoms with Crippen LogP contribution in [-0.4, -0.2) is 11.5 Å². The van der Waals surface area contributed by atoms with Crippen LogP contribution >= 0.6 is 0 Å². The van der Waals surface area contributed by atoms with Crippen LogP contribution in [0.15, 0.2) is 83.1 Å². The van der Waals surface area contributed by atoms with Crippen LogP contribution in [0.1, 0.15) is 33.4 Å². The molecule has 0 aliphatic heterocycles. The lowest BCUT2D eigenvalue weighted by atomic mass is 10.0. The first-order valence-electron chi connectivity index (χ1n) is 11.5. The molecule has 0 aromatic heterocycles. The molecule has 0 heterocycles. The molecule has 172 valence electrons. The smallest absolute Gasteiger partial charge is 0.204 e. The van der Waals surface area contributed by atoms with Gasteiger partial charge in [0, 0.05) is 17.5 Å². The minimum Gasteiger partial charge on any atom is -0.353 e. The fraction of sp³-hybridized carbons (Fsp3) is 0.200. The average molecular weight is 450 g/mol. The van der Waals surface area contributed by atoms with E-state index in [2.05, 4.69) is 86.0 Å². The van der Waals surface area contributed by atoms with Crippen LogP contribution in [0.3, 0.4) is 0 Å². The molecule has 0 spiro atoms. The Hall–Kier alpha value is -3.92. The second-order valence-corrected chi connectivity index (χ2v) is 9.15. The number of benzene rings is 3. The van der Waals surface area contributed by atoms with Gasteiger partial charge in [-0.1, -0.05) is 36.4 Å². The van der Waals surface area contributed by atoms with Gasteiger partial charge in [-0.15, -0.1) is 0 Å². The Morgan fingerprint density at radius 2 is 1.09 bits per heavy atom. The van der Waals surface area contributed by atoms with Gasteiger partial charge in [0.1, 0.15) is 0 Å². The van der Waals surface area contributed by atoms with Crippen molar-refractivity contribution in [2.24, 2.45) is 4.99 Å². The number of anilines is 2. The van der Waals surface area contributed by atoms with E-state index < -0.39 is 0 Å². The van der Waals surface area contributed by atoms with E-state index in [0.29, 0.717) is 17.1 Å². The molecule has 0 amide bonds. The minimum absolute atomic E-state index is 0.0892. The molecule has 4 rings (SSSR count). The van der Waals surface area contributed by atoms with E-state index in [-0.39, 0.29) is 5.78 Å². The van der Waals surface area contributed by atoms with Gasteiger partial charge in [-0.05, 0) is 99.2 Å². The van der Waals surface area contributed by atoms with Crippen molar-refractivity contribution in [2.45, 2.75) is 41.5 Å². The average Bonchev–Trinajstić information content (AvgIpc) is 2.78. The van der Waals surface area contributed by atoms with Gasteiger partial charge in [0.05, 0.1) is 22.8 Å². The first kappa shape index (κ1) is 23.2. The number of hydrogen-bond acceptors (Lipinski definition) is 4. The molecule has 2 N–H and O–H groups in total. The van der Waals surface area contributed by atoms with Gasteiger partial charge in [0.2, 0.25) is 5.78 Å². The molecule has 3 aromatic carbocycles. The lowest BCUT2D eigenvalue weighted by Crippen LogP contribution is -2.22. The summed E-state index contributed by atoms with van der Waals surface area (Å²) < 4.78 is 0. The summed E-state index contributed by atoms with van der Waals surface area (Å²) in [5, 5.41) is 6.81. The molecule has 0 saturated carbocycles. The fourth-order valence-electron chi connectivity index (χ4n) is 3.86. The number of rotatable bonds is 5. The van der Waals surface area contributed by atoms with Crippen molar-refractivity contribution >= 4 is 28.6 Å². The minimum atomic E-state index is -0.0892. The third-order valence-corrected chi connectivity index (χ3v) is 6.03. The summed E-state index contributed by atoms with van der Waals surface area (Å²) in [4.78, 5) is 18.2. The maximum absolute atomic E-state index is 13.2. The molecule has 0 fully saturated rings. The predicted molar refractivity (Wildman–Crippen MR) is 143 cm³/mol. The summed E-state index contributed by atoms with van der Waals surface area (Å²) in [5.74, 6) is -0.0892. The molecule has 3 aromatic rings. The second-order valence-electron chi connectivity index (χ2n) is 9.15. The van der Waals surface area contributed by atoms with E-state index in [0.717, 1.165) is 50.4 Å². The highest BCUT2D eigenvalue weighted by Crippen LogP contribution is 2.27. The number of aliphatic imine (C=N–C) groups is 1. The SMILES string of the molecule is Cc1ccc(C)c(N=C2C=C(Nc3cc(C)ccc3C)C(=O)C=C2Nc2cc(C)ccc2C)c1. The Bertz CT molecular complexity index is 1380. The van der Waals surface area contributed by atoms with Gasteiger partial charge in [0.15, 0.2) is 0 Å². The lowest BCUT2D eigenvalue weighted by molar-refractivity contribution is -0.111. The topological polar surface area (TPSA) is 53.5 Å². The second kappa shape index (κ2) is 9.52. The maximum Gasteiger partial charge on any atom is 0.204 e. The largest absolute Gasteiger partial charge is 0.353 e. The Labute approximate surface area is 202 Å². The Balaban J connectivity index is 1.78. The van der Waals surface area contributed by atoms with E-state index in [9.17, 15) is 4.79 Å². The number of nitrogens with one attached hydrogen (secondary N) is 2. The number of ketones is 1.